The van der Waals surface area contributed by atoms with E-state index in [1.54, 1.807) is 0 Å². The molecule has 1 N–H and O–H groups in total. The lowest BCUT2D eigenvalue weighted by atomic mass is 9.87. The Morgan fingerprint density at radius 2 is 1.74 bits per heavy atom. The molecule has 0 bridgehead atoms. The Hall–Kier alpha value is -2.11. The van der Waals surface area contributed by atoms with Crippen LogP contribution in [0.1, 0.15) is 111 Å². The highest BCUT2D eigenvalue weighted by molar-refractivity contribution is 5.79. The maximum atomic E-state index is 12.8. The lowest BCUT2D eigenvalue weighted by Gasteiger charge is -2.37. The smallest absolute Gasteiger partial charge is 0.328 e. The standard InChI is InChI=1S/C29H49NO5/c1-5-7-9-11-12-13-14-15-16-18-24(34-29(33)26(30-22-31)20-23(3)4)21-27-25(28(32)35-27)19-17-10-8-6-2/h12-13,15-16,22-27H,5-11,14,17-21H2,1-4H3,(H,30,31)/b13-12-,16-15-/t24-,25+,26-,27-/m0/s1. The number of esters is 2. The Kier molecular flexibility index (Phi) is 16.9. The number of unbranched alkanes of at least 4 members (excludes halogenated alkanes) is 6. The minimum atomic E-state index is -0.668. The van der Waals surface area contributed by atoms with Gasteiger partial charge in [0.1, 0.15) is 18.2 Å². The van der Waals surface area contributed by atoms with Gasteiger partial charge in [0.2, 0.25) is 6.41 Å². The molecule has 1 heterocycles. The molecule has 1 aliphatic rings. The molecule has 1 amide bonds. The van der Waals surface area contributed by atoms with Crippen LogP contribution in [0, 0.1) is 11.8 Å². The molecule has 0 aromatic carbocycles. The second-order valence-corrected chi connectivity index (χ2v) is 10.1. The summed E-state index contributed by atoms with van der Waals surface area (Å²) < 4.78 is 11.3. The van der Waals surface area contributed by atoms with Gasteiger partial charge in [-0.05, 0) is 38.0 Å². The van der Waals surface area contributed by atoms with E-state index in [2.05, 4.69) is 37.4 Å². The molecule has 0 aliphatic carbocycles. The molecule has 1 saturated heterocycles. The molecule has 0 unspecified atom stereocenters. The number of carbonyl (C=O) groups is 3. The number of hydrogen-bond acceptors (Lipinski definition) is 5. The van der Waals surface area contributed by atoms with E-state index in [9.17, 15) is 14.4 Å². The number of cyclic esters (lactones) is 1. The summed E-state index contributed by atoms with van der Waals surface area (Å²) in [5.41, 5.74) is 0. The van der Waals surface area contributed by atoms with Crippen molar-refractivity contribution in [2.75, 3.05) is 0 Å². The van der Waals surface area contributed by atoms with Crippen LogP contribution in [0.4, 0.5) is 0 Å². The second kappa shape index (κ2) is 19.1. The van der Waals surface area contributed by atoms with Crippen LogP contribution < -0.4 is 5.32 Å². The van der Waals surface area contributed by atoms with Crippen LogP contribution in [-0.2, 0) is 23.9 Å². The van der Waals surface area contributed by atoms with Crippen LogP contribution in [-0.4, -0.2) is 36.6 Å². The number of nitrogens with one attached hydrogen (secondary N) is 1. The summed E-state index contributed by atoms with van der Waals surface area (Å²) in [5, 5.41) is 2.59. The zero-order valence-corrected chi connectivity index (χ0v) is 22.5. The summed E-state index contributed by atoms with van der Waals surface area (Å²) in [7, 11) is 0. The first kappa shape index (κ1) is 30.9. The lowest BCUT2D eigenvalue weighted by molar-refractivity contribution is -0.190. The molecule has 1 rings (SSSR count). The van der Waals surface area contributed by atoms with Crippen LogP contribution in [0.15, 0.2) is 24.3 Å². The molecule has 35 heavy (non-hydrogen) atoms. The van der Waals surface area contributed by atoms with Gasteiger partial charge in [0, 0.05) is 12.8 Å². The van der Waals surface area contributed by atoms with Gasteiger partial charge in [-0.3, -0.25) is 9.59 Å². The molecule has 1 fully saturated rings. The lowest BCUT2D eigenvalue weighted by Crippen LogP contribution is -2.48. The SMILES string of the molecule is CCCCC/C=C\C/C=C\C[C@@H](C[C@@H]1OC(=O)[C@@H]1CCCCCC)OC(=O)[C@H](CC(C)C)NC=O. The Balaban J connectivity index is 2.70. The highest BCUT2D eigenvalue weighted by Gasteiger charge is 2.43. The molecule has 0 aromatic rings. The Morgan fingerprint density at radius 1 is 1.03 bits per heavy atom. The molecule has 6 heteroatoms. The van der Waals surface area contributed by atoms with E-state index in [1.807, 2.05) is 19.9 Å². The van der Waals surface area contributed by atoms with E-state index in [4.69, 9.17) is 9.47 Å². The average Bonchev–Trinajstić information content (AvgIpc) is 2.81. The van der Waals surface area contributed by atoms with Crippen LogP contribution >= 0.6 is 0 Å². The fourth-order valence-corrected chi connectivity index (χ4v) is 4.34. The van der Waals surface area contributed by atoms with Gasteiger partial charge in [-0.2, -0.15) is 0 Å². The van der Waals surface area contributed by atoms with Crippen LogP contribution in [0.5, 0.6) is 0 Å². The molecular weight excluding hydrogens is 442 g/mol. The monoisotopic (exact) mass is 491 g/mol. The molecule has 6 nitrogen and oxygen atoms in total. The van der Waals surface area contributed by atoms with Gasteiger partial charge < -0.3 is 14.8 Å². The minimum Gasteiger partial charge on any atom is -0.461 e. The number of allylic oxidation sites excluding steroid dienone is 3. The predicted molar refractivity (Wildman–Crippen MR) is 141 cm³/mol. The summed E-state index contributed by atoms with van der Waals surface area (Å²) in [6, 6.07) is -0.668. The third-order valence-electron chi connectivity index (χ3n) is 6.41. The third-order valence-corrected chi connectivity index (χ3v) is 6.41. The number of rotatable bonds is 21. The molecule has 0 radical (unpaired) electrons. The van der Waals surface area contributed by atoms with E-state index >= 15 is 0 Å². The second-order valence-electron chi connectivity index (χ2n) is 10.1. The van der Waals surface area contributed by atoms with Crippen LogP contribution in [0.2, 0.25) is 0 Å². The van der Waals surface area contributed by atoms with Crippen molar-refractivity contribution < 1.29 is 23.9 Å². The van der Waals surface area contributed by atoms with Gasteiger partial charge in [-0.25, -0.2) is 4.79 Å². The average molecular weight is 492 g/mol. The van der Waals surface area contributed by atoms with Crippen molar-refractivity contribution in [2.45, 2.75) is 129 Å². The predicted octanol–water partition coefficient (Wildman–Crippen LogP) is 6.43. The first-order chi connectivity index (χ1) is 16.9. The van der Waals surface area contributed by atoms with Crippen LogP contribution in [0.25, 0.3) is 0 Å². The van der Waals surface area contributed by atoms with Gasteiger partial charge in [0.15, 0.2) is 0 Å². The largest absolute Gasteiger partial charge is 0.461 e. The molecule has 200 valence electrons. The van der Waals surface area contributed by atoms with Gasteiger partial charge in [0.05, 0.1) is 5.92 Å². The van der Waals surface area contributed by atoms with Gasteiger partial charge in [-0.1, -0.05) is 90.5 Å². The molecular formula is C29H49NO5. The number of carbonyl (C=O) groups excluding carboxylic acids is 3. The quantitative estimate of drug-likeness (QED) is 0.0865. The van der Waals surface area contributed by atoms with Gasteiger partial charge in [0.25, 0.3) is 0 Å². The highest BCUT2D eigenvalue weighted by atomic mass is 16.6. The molecule has 0 saturated carbocycles. The van der Waals surface area contributed by atoms with E-state index in [1.165, 1.54) is 25.7 Å². The topological polar surface area (TPSA) is 81.7 Å². The van der Waals surface area contributed by atoms with Crippen LogP contribution in [0.3, 0.4) is 0 Å². The fraction of sp³-hybridized carbons (Fsp3) is 0.759. The zero-order chi connectivity index (χ0) is 25.9. The van der Waals surface area contributed by atoms with Gasteiger partial charge >= 0.3 is 11.9 Å². The summed E-state index contributed by atoms with van der Waals surface area (Å²) >= 11 is 0. The normalized spacial score (nSPS) is 19.5. The Bertz CT molecular complexity index is 657. The first-order valence-electron chi connectivity index (χ1n) is 13.8. The van der Waals surface area contributed by atoms with E-state index in [0.29, 0.717) is 25.7 Å². The van der Waals surface area contributed by atoms with E-state index in [0.717, 1.165) is 38.5 Å². The maximum absolute atomic E-state index is 12.8. The highest BCUT2D eigenvalue weighted by Crippen LogP contribution is 2.32. The van der Waals surface area contributed by atoms with Crippen molar-refractivity contribution in [2.24, 2.45) is 11.8 Å². The van der Waals surface area contributed by atoms with Crippen molar-refractivity contribution in [1.82, 2.24) is 5.32 Å². The van der Waals surface area contributed by atoms with E-state index < -0.39 is 18.1 Å². The van der Waals surface area contributed by atoms with Crippen molar-refractivity contribution in [3.8, 4) is 0 Å². The summed E-state index contributed by atoms with van der Waals surface area (Å²) in [5.74, 6) is -0.434. The molecule has 1 aliphatic heterocycles. The third kappa shape index (κ3) is 13.5. The fourth-order valence-electron chi connectivity index (χ4n) is 4.34. The zero-order valence-electron chi connectivity index (χ0n) is 22.5. The van der Waals surface area contributed by atoms with E-state index in [-0.39, 0.29) is 23.9 Å². The van der Waals surface area contributed by atoms with Crippen molar-refractivity contribution >= 4 is 18.3 Å². The van der Waals surface area contributed by atoms with Crippen molar-refractivity contribution in [1.29, 1.82) is 0 Å². The molecule has 4 atom stereocenters. The number of hydrogen-bond donors (Lipinski definition) is 1. The summed E-state index contributed by atoms with van der Waals surface area (Å²) in [4.78, 5) is 35.9. The number of ether oxygens (including phenoxy) is 2. The number of amides is 1. The van der Waals surface area contributed by atoms with Gasteiger partial charge in [-0.15, -0.1) is 0 Å². The van der Waals surface area contributed by atoms with Crippen molar-refractivity contribution in [3.05, 3.63) is 24.3 Å². The Morgan fingerprint density at radius 3 is 2.40 bits per heavy atom. The summed E-state index contributed by atoms with van der Waals surface area (Å²) in [6.07, 6.45) is 21.0. The molecule has 0 aromatic heterocycles. The summed E-state index contributed by atoms with van der Waals surface area (Å²) in [6.45, 7) is 8.37. The Labute approximate surface area is 213 Å². The minimum absolute atomic E-state index is 0.109. The maximum Gasteiger partial charge on any atom is 0.328 e. The van der Waals surface area contributed by atoms with Crippen molar-refractivity contribution in [3.63, 3.8) is 0 Å². The molecule has 0 spiro atoms. The first-order valence-corrected chi connectivity index (χ1v) is 13.8.